The van der Waals surface area contributed by atoms with E-state index in [4.69, 9.17) is 4.74 Å². The predicted octanol–water partition coefficient (Wildman–Crippen LogP) is 4.15. The number of aryl methyl sites for hydroxylation is 1. The van der Waals surface area contributed by atoms with E-state index in [1.54, 1.807) is 19.9 Å². The minimum atomic E-state index is -3.14. The van der Waals surface area contributed by atoms with Gasteiger partial charge in [-0.15, -0.1) is 0 Å². The number of hydrogen-bond donors (Lipinski definition) is 2. The first kappa shape index (κ1) is 24.9. The van der Waals surface area contributed by atoms with Gasteiger partial charge in [0.2, 0.25) is 11.8 Å². The zero-order valence-electron chi connectivity index (χ0n) is 18.7. The van der Waals surface area contributed by atoms with Gasteiger partial charge in [-0.25, -0.2) is 9.97 Å². The van der Waals surface area contributed by atoms with Crippen LogP contribution in [0.25, 0.3) is 0 Å². The largest absolute Gasteiger partial charge is 0.471 e. The molecule has 0 saturated heterocycles. The lowest BCUT2D eigenvalue weighted by atomic mass is 10.1. The van der Waals surface area contributed by atoms with Crippen molar-refractivity contribution in [1.82, 2.24) is 15.3 Å². The molecule has 7 nitrogen and oxygen atoms in total. The molecular formula is C23H28F2N4O3. The molecule has 0 spiro atoms. The van der Waals surface area contributed by atoms with Gasteiger partial charge < -0.3 is 15.4 Å². The Balaban J connectivity index is 2.02. The van der Waals surface area contributed by atoms with Crippen molar-refractivity contribution in [2.45, 2.75) is 46.6 Å². The summed E-state index contributed by atoms with van der Waals surface area (Å²) in [5.41, 5.74) is 1.40. The van der Waals surface area contributed by atoms with Crippen LogP contribution in [0.3, 0.4) is 0 Å². The zero-order chi connectivity index (χ0) is 23.9. The maximum absolute atomic E-state index is 13.7. The summed E-state index contributed by atoms with van der Waals surface area (Å²) in [7, 11) is 0. The summed E-state index contributed by atoms with van der Waals surface area (Å²) in [4.78, 5) is 32.5. The molecule has 2 rings (SSSR count). The smallest absolute Gasteiger partial charge is 0.302 e. The molecule has 0 aliphatic rings. The molecule has 2 amide bonds. The van der Waals surface area contributed by atoms with Crippen molar-refractivity contribution in [1.29, 1.82) is 0 Å². The van der Waals surface area contributed by atoms with Gasteiger partial charge in [0.15, 0.2) is 6.61 Å². The maximum atomic E-state index is 13.7. The van der Waals surface area contributed by atoms with E-state index in [9.17, 15) is 18.4 Å². The lowest BCUT2D eigenvalue weighted by Crippen LogP contribution is -2.27. The molecule has 172 valence electrons. The molecule has 0 unspecified atom stereocenters. The number of pyridine rings is 2. The van der Waals surface area contributed by atoms with Crippen molar-refractivity contribution >= 4 is 17.6 Å². The molecule has 2 aromatic rings. The summed E-state index contributed by atoms with van der Waals surface area (Å²) >= 11 is 0. The SMILES string of the molecule is C=C(C)C(F)(F)COc1ncc(CNC(=O)c2ccnc(NC(=O)C(C)C)c2)cc1CC. The second-order valence-electron chi connectivity index (χ2n) is 7.69. The van der Waals surface area contributed by atoms with Crippen molar-refractivity contribution < 1.29 is 23.1 Å². The van der Waals surface area contributed by atoms with E-state index in [0.717, 1.165) is 0 Å². The minimum absolute atomic E-state index is 0.128. The van der Waals surface area contributed by atoms with Crippen molar-refractivity contribution in [2.75, 3.05) is 11.9 Å². The van der Waals surface area contributed by atoms with Gasteiger partial charge >= 0.3 is 5.92 Å². The number of nitrogens with zero attached hydrogens (tertiary/aromatic N) is 2. The van der Waals surface area contributed by atoms with Crippen LogP contribution in [0.15, 0.2) is 42.7 Å². The third kappa shape index (κ3) is 6.83. The highest BCUT2D eigenvalue weighted by Crippen LogP contribution is 2.25. The number of halogens is 2. The summed E-state index contributed by atoms with van der Waals surface area (Å²) in [5.74, 6) is -3.49. The summed E-state index contributed by atoms with van der Waals surface area (Å²) in [6.45, 7) is 9.23. The standard InChI is InChI=1S/C23H28F2N4O3/c1-6-17-9-16(12-28-22(17)32-13-23(24,25)15(4)5)11-27-21(31)18-7-8-26-19(10-18)29-20(30)14(2)3/h7-10,12,14H,4,6,11,13H2,1-3,5H3,(H,27,31)(H,26,29,30). The van der Waals surface area contributed by atoms with Gasteiger partial charge in [-0.1, -0.05) is 27.4 Å². The van der Waals surface area contributed by atoms with Gasteiger partial charge in [0.1, 0.15) is 5.82 Å². The average Bonchev–Trinajstić information content (AvgIpc) is 2.76. The monoisotopic (exact) mass is 446 g/mol. The van der Waals surface area contributed by atoms with E-state index in [2.05, 4.69) is 27.2 Å². The second kappa shape index (κ2) is 10.8. The third-order valence-electron chi connectivity index (χ3n) is 4.63. The van der Waals surface area contributed by atoms with E-state index >= 15 is 0 Å². The number of amides is 2. The van der Waals surface area contributed by atoms with Gasteiger partial charge in [0, 0.05) is 36.0 Å². The number of aromatic nitrogens is 2. The van der Waals surface area contributed by atoms with Crippen LogP contribution in [-0.4, -0.2) is 34.3 Å². The first-order chi connectivity index (χ1) is 15.0. The fraction of sp³-hybridized carbons (Fsp3) is 0.391. The summed E-state index contributed by atoms with van der Waals surface area (Å²) in [6, 6.07) is 4.78. The third-order valence-corrected chi connectivity index (χ3v) is 4.63. The van der Waals surface area contributed by atoms with Gasteiger partial charge in [-0.2, -0.15) is 8.78 Å². The average molecular weight is 446 g/mol. The Hall–Kier alpha value is -3.36. The van der Waals surface area contributed by atoms with Gasteiger partial charge in [-0.3, -0.25) is 9.59 Å². The minimum Gasteiger partial charge on any atom is -0.471 e. The zero-order valence-corrected chi connectivity index (χ0v) is 18.7. The number of anilines is 1. The highest BCUT2D eigenvalue weighted by molar-refractivity contribution is 5.96. The first-order valence-electron chi connectivity index (χ1n) is 10.2. The van der Waals surface area contributed by atoms with E-state index in [1.807, 2.05) is 6.92 Å². The second-order valence-corrected chi connectivity index (χ2v) is 7.69. The number of carbonyl (C=O) groups excluding carboxylic acids is 2. The van der Waals surface area contributed by atoms with Crippen molar-refractivity contribution in [3.8, 4) is 5.88 Å². The van der Waals surface area contributed by atoms with Gasteiger partial charge in [0.05, 0.1) is 0 Å². The number of hydrogen-bond acceptors (Lipinski definition) is 5. The van der Waals surface area contributed by atoms with E-state index in [1.165, 1.54) is 31.5 Å². The molecule has 9 heteroatoms. The molecule has 0 aromatic carbocycles. The van der Waals surface area contributed by atoms with Crippen molar-refractivity contribution in [3.63, 3.8) is 0 Å². The fourth-order valence-electron chi connectivity index (χ4n) is 2.50. The summed E-state index contributed by atoms with van der Waals surface area (Å²) < 4.78 is 32.7. The molecular weight excluding hydrogens is 418 g/mol. The van der Waals surface area contributed by atoms with Crippen LogP contribution < -0.4 is 15.4 Å². The van der Waals surface area contributed by atoms with E-state index in [0.29, 0.717) is 28.9 Å². The molecule has 0 bridgehead atoms. The van der Waals surface area contributed by atoms with Gasteiger partial charge in [0.25, 0.3) is 5.91 Å². The molecule has 0 atom stereocenters. The Morgan fingerprint density at radius 3 is 2.59 bits per heavy atom. The van der Waals surface area contributed by atoms with Crippen LogP contribution in [0.2, 0.25) is 0 Å². The summed E-state index contributed by atoms with van der Waals surface area (Å²) in [5, 5.41) is 5.42. The quantitative estimate of drug-likeness (QED) is 0.535. The van der Waals surface area contributed by atoms with Crippen LogP contribution >= 0.6 is 0 Å². The topological polar surface area (TPSA) is 93.2 Å². The molecule has 32 heavy (non-hydrogen) atoms. The Kier molecular flexibility index (Phi) is 8.40. The first-order valence-corrected chi connectivity index (χ1v) is 10.2. The van der Waals surface area contributed by atoms with Crippen LogP contribution in [-0.2, 0) is 17.8 Å². The predicted molar refractivity (Wildman–Crippen MR) is 118 cm³/mol. The molecule has 0 aliphatic carbocycles. The van der Waals surface area contributed by atoms with Crippen molar-refractivity contribution in [2.24, 2.45) is 5.92 Å². The normalized spacial score (nSPS) is 11.2. The molecule has 0 saturated carbocycles. The van der Waals surface area contributed by atoms with E-state index < -0.39 is 12.5 Å². The molecule has 2 heterocycles. The Labute approximate surface area is 186 Å². The molecule has 0 radical (unpaired) electrons. The van der Waals surface area contributed by atoms with Crippen LogP contribution in [0.1, 0.15) is 49.2 Å². The highest BCUT2D eigenvalue weighted by Gasteiger charge is 2.31. The van der Waals surface area contributed by atoms with Crippen LogP contribution in [0.5, 0.6) is 5.88 Å². The Morgan fingerprint density at radius 2 is 1.97 bits per heavy atom. The number of rotatable bonds is 10. The molecule has 2 aromatic heterocycles. The number of ether oxygens (including phenoxy) is 1. The molecule has 0 aliphatic heterocycles. The highest BCUT2D eigenvalue weighted by atomic mass is 19.3. The number of nitrogens with one attached hydrogen (secondary N) is 2. The number of carbonyl (C=O) groups is 2. The lowest BCUT2D eigenvalue weighted by Gasteiger charge is -2.18. The maximum Gasteiger partial charge on any atom is 0.302 e. The van der Waals surface area contributed by atoms with E-state index in [-0.39, 0.29) is 35.7 Å². The molecule has 0 fully saturated rings. The number of alkyl halides is 2. The molecule has 2 N–H and O–H groups in total. The Morgan fingerprint density at radius 1 is 1.25 bits per heavy atom. The fourth-order valence-corrected chi connectivity index (χ4v) is 2.50. The van der Waals surface area contributed by atoms with Gasteiger partial charge in [-0.05, 0) is 42.7 Å². The summed E-state index contributed by atoms with van der Waals surface area (Å²) in [6.07, 6.45) is 3.43. The van der Waals surface area contributed by atoms with Crippen LogP contribution in [0, 0.1) is 5.92 Å². The van der Waals surface area contributed by atoms with Crippen molar-refractivity contribution in [3.05, 3.63) is 59.4 Å². The lowest BCUT2D eigenvalue weighted by molar-refractivity contribution is -0.118. The Bertz CT molecular complexity index is 993. The van der Waals surface area contributed by atoms with Crippen LogP contribution in [0.4, 0.5) is 14.6 Å².